The van der Waals surface area contributed by atoms with E-state index < -0.39 is 0 Å². The molecule has 2 aromatic heterocycles. The van der Waals surface area contributed by atoms with Crippen molar-refractivity contribution in [3.05, 3.63) is 42.1 Å². The smallest absolute Gasteiger partial charge is 0.226 e. The first-order chi connectivity index (χ1) is 13.6. The van der Waals surface area contributed by atoms with E-state index >= 15 is 0 Å². The summed E-state index contributed by atoms with van der Waals surface area (Å²) >= 11 is 0. The summed E-state index contributed by atoms with van der Waals surface area (Å²) in [5.41, 5.74) is 8.87. The molecule has 2 aliphatic carbocycles. The number of nitrogens with zero attached hydrogens (tertiary/aromatic N) is 4. The van der Waals surface area contributed by atoms with Crippen molar-refractivity contribution in [2.75, 3.05) is 23.7 Å². The predicted molar refractivity (Wildman–Crippen MR) is 111 cm³/mol. The quantitative estimate of drug-likeness (QED) is 0.586. The maximum absolute atomic E-state index is 6.31. The van der Waals surface area contributed by atoms with Crippen LogP contribution in [0.25, 0.3) is 11.0 Å². The monoisotopic (exact) mass is 377 g/mol. The van der Waals surface area contributed by atoms with E-state index in [1.165, 1.54) is 25.7 Å². The first-order valence-electron chi connectivity index (χ1n) is 10.1. The van der Waals surface area contributed by atoms with E-state index in [0.29, 0.717) is 17.9 Å². The minimum absolute atomic E-state index is 0.117. The van der Waals surface area contributed by atoms with E-state index in [-0.39, 0.29) is 6.04 Å². The number of hydrogen-bond acceptors (Lipinski definition) is 6. The van der Waals surface area contributed by atoms with Gasteiger partial charge in [-0.1, -0.05) is 36.8 Å². The largest absolute Gasteiger partial charge is 0.369 e. The number of rotatable bonds is 7. The lowest BCUT2D eigenvalue weighted by molar-refractivity contribution is 0.262. The molecule has 2 aliphatic rings. The number of aryl methyl sites for hydroxylation is 1. The Balaban J connectivity index is 1.31. The second kappa shape index (κ2) is 6.74. The Morgan fingerprint density at radius 2 is 2.04 bits per heavy atom. The summed E-state index contributed by atoms with van der Waals surface area (Å²) in [6, 6.07) is 9.96. The van der Waals surface area contributed by atoms with E-state index in [0.717, 1.165) is 34.9 Å². The zero-order valence-corrected chi connectivity index (χ0v) is 16.2. The van der Waals surface area contributed by atoms with Gasteiger partial charge in [-0.2, -0.15) is 15.1 Å². The van der Waals surface area contributed by atoms with Gasteiger partial charge < -0.3 is 16.4 Å². The first kappa shape index (κ1) is 17.4. The summed E-state index contributed by atoms with van der Waals surface area (Å²) in [4.78, 5) is 9.37. The fourth-order valence-electron chi connectivity index (χ4n) is 4.44. The number of nitrogens with two attached hydrogens (primary N) is 1. The van der Waals surface area contributed by atoms with Crippen molar-refractivity contribution in [3.63, 3.8) is 0 Å². The van der Waals surface area contributed by atoms with E-state index in [4.69, 9.17) is 10.7 Å². The number of benzene rings is 1. The van der Waals surface area contributed by atoms with Crippen LogP contribution in [0.3, 0.4) is 0 Å². The van der Waals surface area contributed by atoms with Crippen molar-refractivity contribution in [1.29, 1.82) is 0 Å². The molecule has 2 saturated carbocycles. The Morgan fingerprint density at radius 3 is 2.75 bits per heavy atom. The maximum atomic E-state index is 6.31. The molecular weight excluding hydrogens is 350 g/mol. The molecule has 0 aliphatic heterocycles. The van der Waals surface area contributed by atoms with Crippen LogP contribution in [0.15, 0.2) is 36.5 Å². The van der Waals surface area contributed by atoms with E-state index in [9.17, 15) is 0 Å². The van der Waals surface area contributed by atoms with Gasteiger partial charge in [-0.05, 0) is 36.2 Å². The van der Waals surface area contributed by atoms with Gasteiger partial charge in [0.1, 0.15) is 5.82 Å². The molecule has 1 spiro atoms. The second-order valence-corrected chi connectivity index (χ2v) is 8.30. The lowest BCUT2D eigenvalue weighted by Gasteiger charge is -2.26. The van der Waals surface area contributed by atoms with Crippen LogP contribution in [0, 0.1) is 11.3 Å². The lowest BCUT2D eigenvalue weighted by Crippen LogP contribution is -2.22. The van der Waals surface area contributed by atoms with Gasteiger partial charge in [-0.25, -0.2) is 0 Å². The molecule has 0 amide bonds. The Kier molecular flexibility index (Phi) is 4.19. The van der Waals surface area contributed by atoms with Crippen LogP contribution in [0.1, 0.15) is 37.3 Å². The summed E-state index contributed by atoms with van der Waals surface area (Å²) in [7, 11) is 1.91. The molecule has 2 atom stereocenters. The SMILES string of the molecule is Cn1ncc2c(NCC3CC34CCC4)nc(NC[C@H](N)c3ccccc3)nc21. The molecule has 7 heteroatoms. The normalized spacial score (nSPS) is 20.7. The maximum Gasteiger partial charge on any atom is 0.226 e. The van der Waals surface area contributed by atoms with Crippen LogP contribution < -0.4 is 16.4 Å². The topological polar surface area (TPSA) is 93.7 Å². The fourth-order valence-corrected chi connectivity index (χ4v) is 4.44. The molecule has 0 bridgehead atoms. The number of aromatic nitrogens is 4. The van der Waals surface area contributed by atoms with Crippen LogP contribution in [0.5, 0.6) is 0 Å². The van der Waals surface area contributed by atoms with Crippen molar-refractivity contribution in [2.24, 2.45) is 24.1 Å². The highest BCUT2D eigenvalue weighted by Gasteiger charge is 2.56. The Bertz CT molecular complexity index is 977. The standard InChI is InChI=1S/C21H27N7/c1-28-19-16(12-25-28)18(23-11-15-10-21(15)8-5-9-21)26-20(27-19)24-13-17(22)14-6-3-2-4-7-14/h2-4,6-7,12,15,17H,5,8-11,13,22H2,1H3,(H2,23,24,26,27)/t15?,17-/m0/s1. The highest BCUT2D eigenvalue weighted by atomic mass is 15.3. The zero-order valence-electron chi connectivity index (χ0n) is 16.2. The lowest BCUT2D eigenvalue weighted by atomic mass is 9.80. The van der Waals surface area contributed by atoms with Crippen molar-refractivity contribution in [3.8, 4) is 0 Å². The number of nitrogens with one attached hydrogen (secondary N) is 2. The average molecular weight is 377 g/mol. The molecule has 5 rings (SSSR count). The highest BCUT2D eigenvalue weighted by Crippen LogP contribution is 2.65. The predicted octanol–water partition coefficient (Wildman–Crippen LogP) is 3.08. The summed E-state index contributed by atoms with van der Waals surface area (Å²) in [5, 5.41) is 12.2. The molecule has 0 radical (unpaired) electrons. The Labute approximate surface area is 164 Å². The average Bonchev–Trinajstić information content (AvgIpc) is 3.34. The molecule has 2 fully saturated rings. The van der Waals surface area contributed by atoms with Gasteiger partial charge in [0.2, 0.25) is 5.95 Å². The molecule has 2 heterocycles. The molecule has 4 N–H and O–H groups in total. The van der Waals surface area contributed by atoms with Crippen LogP contribution in [-0.2, 0) is 7.05 Å². The Hall–Kier alpha value is -2.67. The van der Waals surface area contributed by atoms with Gasteiger partial charge in [0, 0.05) is 26.2 Å². The van der Waals surface area contributed by atoms with Crippen LogP contribution in [0.2, 0.25) is 0 Å². The van der Waals surface area contributed by atoms with E-state index in [1.807, 2.05) is 43.6 Å². The molecule has 1 unspecified atom stereocenters. The molecule has 146 valence electrons. The molecule has 0 saturated heterocycles. The third kappa shape index (κ3) is 3.09. The van der Waals surface area contributed by atoms with Crippen molar-refractivity contribution in [1.82, 2.24) is 19.7 Å². The molecule has 1 aromatic carbocycles. The third-order valence-electron chi connectivity index (χ3n) is 6.52. The summed E-state index contributed by atoms with van der Waals surface area (Å²) in [5.74, 6) is 2.22. The van der Waals surface area contributed by atoms with E-state index in [2.05, 4.69) is 20.7 Å². The van der Waals surface area contributed by atoms with Gasteiger partial charge in [0.15, 0.2) is 5.65 Å². The Morgan fingerprint density at radius 1 is 1.21 bits per heavy atom. The van der Waals surface area contributed by atoms with Gasteiger partial charge >= 0.3 is 0 Å². The van der Waals surface area contributed by atoms with Crippen molar-refractivity contribution < 1.29 is 0 Å². The molecule has 28 heavy (non-hydrogen) atoms. The number of anilines is 2. The van der Waals surface area contributed by atoms with Crippen LogP contribution >= 0.6 is 0 Å². The van der Waals surface area contributed by atoms with Crippen LogP contribution in [-0.4, -0.2) is 32.8 Å². The minimum Gasteiger partial charge on any atom is -0.369 e. The number of fused-ring (bicyclic) bond motifs is 1. The number of hydrogen-bond donors (Lipinski definition) is 3. The van der Waals surface area contributed by atoms with Gasteiger partial charge in [0.25, 0.3) is 0 Å². The second-order valence-electron chi connectivity index (χ2n) is 8.30. The van der Waals surface area contributed by atoms with Crippen LogP contribution in [0.4, 0.5) is 11.8 Å². The zero-order chi connectivity index (χ0) is 19.1. The molecule has 3 aromatic rings. The summed E-state index contributed by atoms with van der Waals surface area (Å²) in [6.07, 6.45) is 7.39. The van der Waals surface area contributed by atoms with Gasteiger partial charge in [-0.15, -0.1) is 0 Å². The van der Waals surface area contributed by atoms with Gasteiger partial charge in [-0.3, -0.25) is 4.68 Å². The van der Waals surface area contributed by atoms with E-state index in [1.54, 1.807) is 4.68 Å². The van der Waals surface area contributed by atoms with Gasteiger partial charge in [0.05, 0.1) is 11.6 Å². The highest BCUT2D eigenvalue weighted by molar-refractivity contribution is 5.87. The molecular formula is C21H27N7. The van der Waals surface area contributed by atoms with Crippen molar-refractivity contribution in [2.45, 2.75) is 31.7 Å². The fraction of sp³-hybridized carbons (Fsp3) is 0.476. The van der Waals surface area contributed by atoms with Crippen molar-refractivity contribution >= 4 is 22.8 Å². The third-order valence-corrected chi connectivity index (χ3v) is 6.52. The first-order valence-corrected chi connectivity index (χ1v) is 10.1. The summed E-state index contributed by atoms with van der Waals surface area (Å²) < 4.78 is 1.79. The molecule has 7 nitrogen and oxygen atoms in total. The minimum atomic E-state index is -0.117. The summed E-state index contributed by atoms with van der Waals surface area (Å²) in [6.45, 7) is 1.54.